The number of piperazine rings is 1. The van der Waals surface area contributed by atoms with Crippen molar-refractivity contribution in [3.63, 3.8) is 0 Å². The molecule has 3 amide bonds. The van der Waals surface area contributed by atoms with Crippen LogP contribution in [0.3, 0.4) is 0 Å². The molecule has 1 aliphatic carbocycles. The third-order valence-corrected chi connectivity index (χ3v) is 7.27. The Kier molecular flexibility index (Phi) is 7.16. The first-order valence-electron chi connectivity index (χ1n) is 11.6. The van der Waals surface area contributed by atoms with Gasteiger partial charge in [-0.1, -0.05) is 43.0 Å². The van der Waals surface area contributed by atoms with Gasteiger partial charge >= 0.3 is 0 Å². The van der Waals surface area contributed by atoms with Crippen LogP contribution in [-0.2, 0) is 20.8 Å². The van der Waals surface area contributed by atoms with Gasteiger partial charge in [0.15, 0.2) is 0 Å². The maximum absolute atomic E-state index is 13.1. The molecule has 1 aromatic rings. The van der Waals surface area contributed by atoms with Crippen molar-refractivity contribution in [3.8, 4) is 0 Å². The lowest BCUT2D eigenvalue weighted by molar-refractivity contribution is -0.152. The van der Waals surface area contributed by atoms with Crippen molar-refractivity contribution in [2.24, 2.45) is 5.92 Å². The fourth-order valence-corrected chi connectivity index (χ4v) is 5.29. The summed E-state index contributed by atoms with van der Waals surface area (Å²) in [7, 11) is 0. The summed E-state index contributed by atoms with van der Waals surface area (Å²) in [4.78, 5) is 43.8. The van der Waals surface area contributed by atoms with Gasteiger partial charge in [0, 0.05) is 43.7 Å². The van der Waals surface area contributed by atoms with Gasteiger partial charge in [-0.3, -0.25) is 14.4 Å². The number of carbonyl (C=O) groups is 3. The van der Waals surface area contributed by atoms with Crippen LogP contribution in [0.15, 0.2) is 24.3 Å². The van der Waals surface area contributed by atoms with Gasteiger partial charge in [-0.25, -0.2) is 0 Å². The first-order chi connectivity index (χ1) is 15.0. The second-order valence-electron chi connectivity index (χ2n) is 9.09. The quantitative estimate of drug-likeness (QED) is 0.699. The molecule has 4 rings (SSSR count). The minimum Gasteiger partial charge on any atom is -0.342 e. The van der Waals surface area contributed by atoms with Crippen LogP contribution >= 0.6 is 11.6 Å². The van der Waals surface area contributed by atoms with Gasteiger partial charge in [0.25, 0.3) is 0 Å². The fraction of sp³-hybridized carbons (Fsp3) is 0.625. The minimum absolute atomic E-state index is 0.0284. The van der Waals surface area contributed by atoms with Crippen molar-refractivity contribution in [1.82, 2.24) is 14.7 Å². The number of benzene rings is 1. The number of hydrogen-bond acceptors (Lipinski definition) is 3. The number of hydrogen-bond donors (Lipinski definition) is 0. The average molecular weight is 446 g/mol. The lowest BCUT2D eigenvalue weighted by Gasteiger charge is -2.42. The summed E-state index contributed by atoms with van der Waals surface area (Å²) in [6.07, 6.45) is 7.54. The molecular weight excluding hydrogens is 414 g/mol. The first-order valence-corrected chi connectivity index (χ1v) is 12.0. The third kappa shape index (κ3) is 5.40. The van der Waals surface area contributed by atoms with Crippen molar-refractivity contribution in [2.45, 2.75) is 57.4 Å². The first kappa shape index (κ1) is 22.1. The monoisotopic (exact) mass is 445 g/mol. The van der Waals surface area contributed by atoms with E-state index in [2.05, 4.69) is 0 Å². The normalized spacial score (nSPS) is 23.4. The molecule has 7 heteroatoms. The smallest absolute Gasteiger partial charge is 0.242 e. The number of nitrogens with zero attached hydrogens (tertiary/aromatic N) is 3. The van der Waals surface area contributed by atoms with E-state index in [1.807, 2.05) is 29.2 Å². The van der Waals surface area contributed by atoms with Crippen molar-refractivity contribution < 1.29 is 14.4 Å². The molecule has 0 radical (unpaired) electrons. The molecule has 31 heavy (non-hydrogen) atoms. The summed E-state index contributed by atoms with van der Waals surface area (Å²) in [5.74, 6) is 0.00627. The topological polar surface area (TPSA) is 60.9 Å². The second kappa shape index (κ2) is 10.0. The van der Waals surface area contributed by atoms with Crippen LogP contribution in [0.5, 0.6) is 0 Å². The van der Waals surface area contributed by atoms with Gasteiger partial charge in [0.05, 0.1) is 12.5 Å². The summed E-state index contributed by atoms with van der Waals surface area (Å²) in [6, 6.07) is 8.00. The molecule has 1 atom stereocenters. The largest absolute Gasteiger partial charge is 0.342 e. The predicted octanol–water partition coefficient (Wildman–Crippen LogP) is 3.12. The van der Waals surface area contributed by atoms with Crippen LogP contribution in [0.4, 0.5) is 0 Å². The molecule has 3 aliphatic rings. The lowest BCUT2D eigenvalue weighted by Crippen LogP contribution is -2.57. The SMILES string of the molecule is O=C1CC[C@@H](C(=O)N2CCN(C3CCCCC3)C(=O)C2)CN1CCc1ccc(Cl)cc1. The Bertz CT molecular complexity index is 807. The standard InChI is InChI=1S/C24H32ClN3O3/c25-20-9-6-18(7-10-20)12-13-26-16-19(8-11-22(26)29)24(31)27-14-15-28(23(30)17-27)21-4-2-1-3-5-21/h6-7,9-10,19,21H,1-5,8,11-17H2/t19-/m1/s1. The van der Waals surface area contributed by atoms with Gasteiger partial charge < -0.3 is 14.7 Å². The predicted molar refractivity (Wildman–Crippen MR) is 120 cm³/mol. The van der Waals surface area contributed by atoms with Crippen LogP contribution in [0.1, 0.15) is 50.5 Å². The fourth-order valence-electron chi connectivity index (χ4n) is 5.16. The molecule has 0 N–H and O–H groups in total. The highest BCUT2D eigenvalue weighted by atomic mass is 35.5. The minimum atomic E-state index is -0.211. The molecule has 0 bridgehead atoms. The number of amides is 3. The van der Waals surface area contributed by atoms with Gasteiger partial charge in [-0.05, 0) is 43.4 Å². The van der Waals surface area contributed by atoms with Crippen LogP contribution in [0.25, 0.3) is 0 Å². The Labute approximate surface area is 189 Å². The van der Waals surface area contributed by atoms with Gasteiger partial charge in [-0.2, -0.15) is 0 Å². The van der Waals surface area contributed by atoms with E-state index in [9.17, 15) is 14.4 Å². The van der Waals surface area contributed by atoms with E-state index in [-0.39, 0.29) is 30.2 Å². The van der Waals surface area contributed by atoms with Crippen molar-refractivity contribution in [3.05, 3.63) is 34.9 Å². The van der Waals surface area contributed by atoms with Crippen molar-refractivity contribution in [2.75, 3.05) is 32.7 Å². The summed E-state index contributed by atoms with van der Waals surface area (Å²) in [5, 5.41) is 0.696. The molecule has 0 aromatic heterocycles. The van der Waals surface area contributed by atoms with E-state index >= 15 is 0 Å². The summed E-state index contributed by atoms with van der Waals surface area (Å²) in [5.41, 5.74) is 1.12. The highest BCUT2D eigenvalue weighted by molar-refractivity contribution is 6.30. The Balaban J connectivity index is 1.30. The Hall–Kier alpha value is -2.08. The molecule has 3 fully saturated rings. The van der Waals surface area contributed by atoms with Gasteiger partial charge in [0.2, 0.25) is 17.7 Å². The maximum Gasteiger partial charge on any atom is 0.242 e. The van der Waals surface area contributed by atoms with Crippen LogP contribution < -0.4 is 0 Å². The highest BCUT2D eigenvalue weighted by Crippen LogP contribution is 2.26. The molecule has 0 unspecified atom stereocenters. The molecule has 6 nitrogen and oxygen atoms in total. The number of halogens is 1. The Morgan fingerprint density at radius 2 is 1.71 bits per heavy atom. The van der Waals surface area contributed by atoms with Crippen molar-refractivity contribution >= 4 is 29.3 Å². The zero-order valence-corrected chi connectivity index (χ0v) is 18.9. The van der Waals surface area contributed by atoms with Crippen LogP contribution in [0, 0.1) is 5.92 Å². The molecule has 2 saturated heterocycles. The summed E-state index contributed by atoms with van der Waals surface area (Å²) < 4.78 is 0. The lowest BCUT2D eigenvalue weighted by atomic mass is 9.93. The van der Waals surface area contributed by atoms with Crippen LogP contribution in [-0.4, -0.2) is 71.2 Å². The van der Waals surface area contributed by atoms with Gasteiger partial charge in [0.1, 0.15) is 0 Å². The molecule has 0 spiro atoms. The maximum atomic E-state index is 13.1. The average Bonchev–Trinajstić information content (AvgIpc) is 2.79. The number of carbonyl (C=O) groups excluding carboxylic acids is 3. The summed E-state index contributed by atoms with van der Waals surface area (Å²) in [6.45, 7) is 2.48. The van der Waals surface area contributed by atoms with E-state index in [4.69, 9.17) is 11.6 Å². The Morgan fingerprint density at radius 1 is 0.968 bits per heavy atom. The summed E-state index contributed by atoms with van der Waals surface area (Å²) >= 11 is 5.94. The second-order valence-corrected chi connectivity index (χ2v) is 9.53. The zero-order valence-electron chi connectivity index (χ0n) is 18.1. The van der Waals surface area contributed by atoms with E-state index in [1.54, 1.807) is 9.80 Å². The van der Waals surface area contributed by atoms with Crippen LogP contribution in [0.2, 0.25) is 5.02 Å². The third-order valence-electron chi connectivity index (χ3n) is 7.02. The van der Waals surface area contributed by atoms with E-state index < -0.39 is 0 Å². The van der Waals surface area contributed by atoms with Gasteiger partial charge in [-0.15, -0.1) is 0 Å². The Morgan fingerprint density at radius 3 is 2.42 bits per heavy atom. The highest BCUT2D eigenvalue weighted by Gasteiger charge is 2.37. The molecule has 2 aliphatic heterocycles. The molecule has 168 valence electrons. The number of likely N-dealkylation sites (tertiary alicyclic amines) is 1. The molecule has 1 aromatic carbocycles. The van der Waals surface area contributed by atoms with E-state index in [0.717, 1.165) is 24.8 Å². The van der Waals surface area contributed by atoms with Crippen molar-refractivity contribution in [1.29, 1.82) is 0 Å². The number of rotatable bonds is 5. The zero-order chi connectivity index (χ0) is 21.8. The molecule has 2 heterocycles. The van der Waals surface area contributed by atoms with E-state index in [0.29, 0.717) is 50.1 Å². The van der Waals surface area contributed by atoms with E-state index in [1.165, 1.54) is 19.3 Å². The number of piperidine rings is 1. The molecule has 1 saturated carbocycles. The molecular formula is C24H32ClN3O3.